The maximum absolute atomic E-state index is 14.6. The molecule has 10 nitrogen and oxygen atoms in total. The molecular weight excluding hydrogens is 733 g/mol. The predicted octanol–water partition coefficient (Wildman–Crippen LogP) is 6.67. The fraction of sp³-hybridized carbons (Fsp3) is 0.458. The average Bonchev–Trinajstić information content (AvgIpc) is 3.14. The van der Waals surface area contributed by atoms with Crippen molar-refractivity contribution in [1.29, 1.82) is 0 Å². The van der Waals surface area contributed by atoms with Gasteiger partial charge in [-0.3, -0.25) is 28.8 Å². The first kappa shape index (κ1) is 43.7. The molecule has 0 unspecified atom stereocenters. The number of amides is 2. The van der Waals surface area contributed by atoms with E-state index in [1.54, 1.807) is 9.80 Å². The number of nitrogens with zero attached hydrogens (tertiary/aromatic N) is 2. The quantitative estimate of drug-likeness (QED) is 0.245. The van der Waals surface area contributed by atoms with Crippen LogP contribution in [-0.2, 0) is 65.3 Å². The van der Waals surface area contributed by atoms with Crippen molar-refractivity contribution in [2.45, 2.75) is 106 Å². The number of ether oxygens (including phenoxy) is 2. The van der Waals surface area contributed by atoms with Gasteiger partial charge in [-0.15, -0.1) is 0 Å². The summed E-state index contributed by atoms with van der Waals surface area (Å²) in [5, 5.41) is 0. The first-order chi connectivity index (χ1) is 27.3. The summed E-state index contributed by atoms with van der Waals surface area (Å²) >= 11 is 0. The van der Waals surface area contributed by atoms with E-state index in [0.29, 0.717) is 59.9 Å². The Hall–Kier alpha value is -5.38. The van der Waals surface area contributed by atoms with Crippen molar-refractivity contribution < 1.29 is 38.2 Å². The van der Waals surface area contributed by atoms with Crippen LogP contribution in [0.15, 0.2) is 70.9 Å². The lowest BCUT2D eigenvalue weighted by Gasteiger charge is -2.28. The van der Waals surface area contributed by atoms with Gasteiger partial charge in [0.1, 0.15) is 11.5 Å². The van der Waals surface area contributed by atoms with Gasteiger partial charge in [-0.1, -0.05) is 65.8 Å². The van der Waals surface area contributed by atoms with E-state index in [1.165, 1.54) is 24.3 Å². The average molecular weight is 791 g/mol. The summed E-state index contributed by atoms with van der Waals surface area (Å²) in [5.74, 6) is -1.07. The maximum Gasteiger partial charge on any atom is 0.260 e. The molecule has 0 heterocycles. The van der Waals surface area contributed by atoms with E-state index in [9.17, 15) is 28.8 Å². The zero-order chi connectivity index (χ0) is 42.7. The Morgan fingerprint density at radius 3 is 0.983 bits per heavy atom. The summed E-state index contributed by atoms with van der Waals surface area (Å²) in [5.41, 5.74) is 4.37. The van der Waals surface area contributed by atoms with Crippen molar-refractivity contribution >= 4 is 34.9 Å². The molecule has 0 aliphatic heterocycles. The largest absolute Gasteiger partial charge is 0.483 e. The number of fused-ring (bicyclic) bond motifs is 8. The lowest BCUT2D eigenvalue weighted by molar-refractivity contribution is -0.133. The Bertz CT molecular complexity index is 1910. The summed E-state index contributed by atoms with van der Waals surface area (Å²) in [6, 6.07) is 7.75. The molecular formula is C48H58N2O8. The normalized spacial score (nSPS) is 15.9. The molecule has 5 rings (SSSR count). The topological polar surface area (TPSA) is 127 Å². The van der Waals surface area contributed by atoms with Crippen LogP contribution in [0.25, 0.3) is 0 Å². The van der Waals surface area contributed by atoms with E-state index in [0.717, 1.165) is 11.1 Å². The Labute approximate surface area is 343 Å². The Morgan fingerprint density at radius 1 is 0.500 bits per heavy atom. The molecule has 2 aromatic carbocycles. The van der Waals surface area contributed by atoms with E-state index in [-0.39, 0.29) is 107 Å². The van der Waals surface area contributed by atoms with Crippen LogP contribution in [0.4, 0.5) is 0 Å². The van der Waals surface area contributed by atoms with Crippen LogP contribution >= 0.6 is 0 Å². The summed E-state index contributed by atoms with van der Waals surface area (Å²) in [6.07, 6.45) is 5.46. The second kappa shape index (κ2) is 17.6. The molecule has 2 amide bonds. The van der Waals surface area contributed by atoms with Gasteiger partial charge in [0.15, 0.2) is 36.3 Å². The number of hydrogen-bond acceptors (Lipinski definition) is 8. The van der Waals surface area contributed by atoms with Crippen molar-refractivity contribution in [2.24, 2.45) is 0 Å². The van der Waals surface area contributed by atoms with E-state index in [4.69, 9.17) is 9.47 Å². The number of benzene rings is 2. The predicted molar refractivity (Wildman–Crippen MR) is 224 cm³/mol. The van der Waals surface area contributed by atoms with E-state index in [2.05, 4.69) is 0 Å². The number of carbonyl (C=O) groups excluding carboxylic acids is 6. The monoisotopic (exact) mass is 790 g/mol. The second-order valence-electron chi connectivity index (χ2n) is 17.3. The summed E-state index contributed by atoms with van der Waals surface area (Å²) in [4.78, 5) is 86.0. The number of rotatable bonds is 10. The number of ketones is 4. The third-order valence-electron chi connectivity index (χ3n) is 11.1. The van der Waals surface area contributed by atoms with Gasteiger partial charge < -0.3 is 19.3 Å². The molecule has 10 heteroatoms. The fourth-order valence-corrected chi connectivity index (χ4v) is 7.66. The zero-order valence-electron chi connectivity index (χ0n) is 35.9. The molecule has 0 spiro atoms. The lowest BCUT2D eigenvalue weighted by Crippen LogP contribution is -2.34. The lowest BCUT2D eigenvalue weighted by atomic mass is 9.79. The van der Waals surface area contributed by atoms with Gasteiger partial charge in [0.05, 0.1) is 0 Å². The minimum absolute atomic E-state index is 0.0136. The number of hydrogen-bond donors (Lipinski definition) is 0. The van der Waals surface area contributed by atoms with Crippen LogP contribution in [0.2, 0.25) is 0 Å². The number of Topliss-reactive ketones (excluding diaryl/α,β-unsaturated/α-hetero) is 2. The standard InChI is InChI=1S/C48H58N2O8/c1-11-49(12-2)41(53)27-57-45-33-15-29-23-39(51)25-31(43(29)55)17-35-21-38(48(8,9)10)22-36(46(35)58-28-42(54)50(13-3)14-4)18-32-26-40(52)24-30(44(32)56)16-34(45)20-37(19-33)47(5,6)7/h19-26H,11-18,27-28H2,1-10H3. The van der Waals surface area contributed by atoms with Crippen LogP contribution in [-0.4, -0.2) is 84.1 Å². The van der Waals surface area contributed by atoms with Crippen molar-refractivity contribution in [3.63, 3.8) is 0 Å². The minimum atomic E-state index is -0.381. The van der Waals surface area contributed by atoms with Crippen molar-refractivity contribution in [1.82, 2.24) is 9.80 Å². The molecule has 2 aromatic rings. The molecule has 0 N–H and O–H groups in total. The molecule has 3 aliphatic rings. The summed E-state index contributed by atoms with van der Waals surface area (Å²) < 4.78 is 12.8. The third kappa shape index (κ3) is 9.83. The van der Waals surface area contributed by atoms with Crippen LogP contribution < -0.4 is 9.47 Å². The number of likely N-dealkylation sites (N-methyl/N-ethyl adjacent to an activating group) is 2. The van der Waals surface area contributed by atoms with Gasteiger partial charge in [0.2, 0.25) is 0 Å². The molecule has 0 radical (unpaired) electrons. The molecule has 0 saturated heterocycles. The molecule has 3 aliphatic carbocycles. The third-order valence-corrected chi connectivity index (χ3v) is 11.1. The van der Waals surface area contributed by atoms with Crippen LogP contribution in [0.3, 0.4) is 0 Å². The van der Waals surface area contributed by atoms with E-state index in [1.807, 2.05) is 93.5 Å². The van der Waals surface area contributed by atoms with E-state index < -0.39 is 0 Å². The maximum atomic E-state index is 14.6. The summed E-state index contributed by atoms with van der Waals surface area (Å²) in [7, 11) is 0. The molecule has 308 valence electrons. The fourth-order valence-electron chi connectivity index (χ4n) is 7.66. The zero-order valence-corrected chi connectivity index (χ0v) is 35.9. The molecule has 0 saturated carbocycles. The van der Waals surface area contributed by atoms with Gasteiger partial charge in [0.25, 0.3) is 11.8 Å². The van der Waals surface area contributed by atoms with Gasteiger partial charge >= 0.3 is 0 Å². The van der Waals surface area contributed by atoms with Crippen LogP contribution in [0.5, 0.6) is 11.5 Å². The molecule has 0 atom stereocenters. The van der Waals surface area contributed by atoms with Crippen LogP contribution in [0.1, 0.15) is 103 Å². The molecule has 0 fully saturated rings. The highest BCUT2D eigenvalue weighted by molar-refractivity contribution is 6.21. The Kier molecular flexibility index (Phi) is 13.3. The highest BCUT2D eigenvalue weighted by Gasteiger charge is 2.32. The summed E-state index contributed by atoms with van der Waals surface area (Å²) in [6.45, 7) is 21.3. The van der Waals surface area contributed by atoms with Crippen LogP contribution in [0, 0.1) is 0 Å². The Morgan fingerprint density at radius 2 is 0.759 bits per heavy atom. The second-order valence-corrected chi connectivity index (χ2v) is 17.3. The molecule has 58 heavy (non-hydrogen) atoms. The minimum Gasteiger partial charge on any atom is -0.483 e. The first-order valence-corrected chi connectivity index (χ1v) is 20.4. The molecule has 0 aromatic heterocycles. The SMILES string of the molecule is CCN(CC)C(=O)COc1c2cc(C(C)(C)C)cc1CC1=CC(=O)C=C(Cc3cc(C(C)(C)C)cc(c3OCC(=O)N(CC)CC)CC3=CC(=O)C=C(C2)C3=O)C1=O. The van der Waals surface area contributed by atoms with Gasteiger partial charge in [-0.05, 0) is 96.2 Å². The van der Waals surface area contributed by atoms with Gasteiger partial charge in [0, 0.05) is 74.2 Å². The van der Waals surface area contributed by atoms with Gasteiger partial charge in [-0.25, -0.2) is 0 Å². The highest BCUT2D eigenvalue weighted by Crippen LogP contribution is 2.39. The van der Waals surface area contributed by atoms with Crippen molar-refractivity contribution in [3.8, 4) is 11.5 Å². The van der Waals surface area contributed by atoms with E-state index >= 15 is 0 Å². The number of carbonyl (C=O) groups is 6. The molecule has 8 bridgehead atoms. The smallest absolute Gasteiger partial charge is 0.260 e. The van der Waals surface area contributed by atoms with Crippen molar-refractivity contribution in [2.75, 3.05) is 39.4 Å². The van der Waals surface area contributed by atoms with Gasteiger partial charge in [-0.2, -0.15) is 0 Å². The Balaban J connectivity index is 1.74. The number of allylic oxidation sites excluding steroid dienone is 8. The first-order valence-electron chi connectivity index (χ1n) is 20.4. The van der Waals surface area contributed by atoms with Crippen molar-refractivity contribution in [3.05, 3.63) is 104 Å². The highest BCUT2D eigenvalue weighted by atomic mass is 16.5.